The first-order chi connectivity index (χ1) is 8.24. The third-order valence-electron chi connectivity index (χ3n) is 2.79. The van der Waals surface area contributed by atoms with Crippen molar-refractivity contribution in [3.63, 3.8) is 0 Å². The molecule has 3 heteroatoms. The van der Waals surface area contributed by atoms with E-state index >= 15 is 0 Å². The minimum Gasteiger partial charge on any atom is -0.497 e. The van der Waals surface area contributed by atoms with E-state index in [1.807, 2.05) is 19.2 Å². The van der Waals surface area contributed by atoms with E-state index in [-0.39, 0.29) is 0 Å². The average molecular weight is 231 g/mol. The van der Waals surface area contributed by atoms with Gasteiger partial charge < -0.3 is 14.4 Å². The van der Waals surface area contributed by atoms with Crippen LogP contribution in [-0.2, 0) is 4.74 Å². The van der Waals surface area contributed by atoms with Crippen LogP contribution in [0.4, 0.5) is 5.69 Å². The van der Waals surface area contributed by atoms with Crippen LogP contribution in [0, 0.1) is 0 Å². The van der Waals surface area contributed by atoms with Crippen LogP contribution in [0.2, 0.25) is 0 Å². The summed E-state index contributed by atoms with van der Waals surface area (Å²) in [6, 6.07) is 12.4. The predicted octanol–water partition coefficient (Wildman–Crippen LogP) is 2.89. The maximum absolute atomic E-state index is 5.21. The molecule has 2 aromatic rings. The van der Waals surface area contributed by atoms with Crippen molar-refractivity contribution < 1.29 is 9.47 Å². The van der Waals surface area contributed by atoms with E-state index in [1.165, 1.54) is 10.8 Å². The van der Waals surface area contributed by atoms with Crippen molar-refractivity contribution in [2.75, 3.05) is 32.9 Å². The zero-order chi connectivity index (χ0) is 12.3. The van der Waals surface area contributed by atoms with Crippen molar-refractivity contribution >= 4 is 16.5 Å². The molecule has 0 aromatic heterocycles. The van der Waals surface area contributed by atoms with E-state index in [0.717, 1.165) is 11.4 Å². The minimum atomic E-state index is 0.585. The fraction of sp³-hybridized carbons (Fsp3) is 0.286. The number of hydrogen-bond acceptors (Lipinski definition) is 3. The summed E-state index contributed by atoms with van der Waals surface area (Å²) in [6.45, 7) is 0.585. The molecule has 2 rings (SSSR count). The van der Waals surface area contributed by atoms with Crippen LogP contribution >= 0.6 is 0 Å². The number of benzene rings is 2. The maximum atomic E-state index is 5.21. The van der Waals surface area contributed by atoms with E-state index in [9.17, 15) is 0 Å². The van der Waals surface area contributed by atoms with Crippen molar-refractivity contribution in [1.29, 1.82) is 0 Å². The third-order valence-corrected chi connectivity index (χ3v) is 2.79. The van der Waals surface area contributed by atoms with Gasteiger partial charge in [-0.3, -0.25) is 0 Å². The van der Waals surface area contributed by atoms with Gasteiger partial charge in [-0.2, -0.15) is 0 Å². The lowest BCUT2D eigenvalue weighted by Gasteiger charge is -2.18. The van der Waals surface area contributed by atoms with E-state index in [1.54, 1.807) is 14.2 Å². The van der Waals surface area contributed by atoms with Crippen LogP contribution in [0.25, 0.3) is 10.8 Å². The highest BCUT2D eigenvalue weighted by Gasteiger charge is 2.02. The van der Waals surface area contributed by atoms with Gasteiger partial charge in [0.2, 0.25) is 0 Å². The normalized spacial score (nSPS) is 10.5. The molecule has 0 saturated heterocycles. The van der Waals surface area contributed by atoms with E-state index < -0.39 is 0 Å². The summed E-state index contributed by atoms with van der Waals surface area (Å²) in [5, 5.41) is 2.38. The molecule has 17 heavy (non-hydrogen) atoms. The molecule has 0 atom stereocenters. The molecule has 0 unspecified atom stereocenters. The molecule has 0 bridgehead atoms. The second kappa shape index (κ2) is 5.06. The fourth-order valence-corrected chi connectivity index (χ4v) is 1.84. The molecule has 0 radical (unpaired) electrons. The minimum absolute atomic E-state index is 0.585. The SMILES string of the molecule is COCN(C)c1ccc2cc(OC)ccc2c1. The van der Waals surface area contributed by atoms with Gasteiger partial charge in [-0.05, 0) is 35.0 Å². The summed E-state index contributed by atoms with van der Waals surface area (Å²) in [4.78, 5) is 2.06. The first-order valence-corrected chi connectivity index (χ1v) is 5.52. The van der Waals surface area contributed by atoms with Crippen LogP contribution in [-0.4, -0.2) is 28.0 Å². The summed E-state index contributed by atoms with van der Waals surface area (Å²) in [7, 11) is 5.39. The number of methoxy groups -OCH3 is 2. The number of anilines is 1. The van der Waals surface area contributed by atoms with Crippen LogP contribution < -0.4 is 9.64 Å². The number of rotatable bonds is 4. The van der Waals surface area contributed by atoms with Gasteiger partial charge in [-0.25, -0.2) is 0 Å². The summed E-state index contributed by atoms with van der Waals surface area (Å²) in [5.41, 5.74) is 1.14. The van der Waals surface area contributed by atoms with Crippen molar-refractivity contribution in [3.8, 4) is 5.75 Å². The lowest BCUT2D eigenvalue weighted by Crippen LogP contribution is -2.19. The Morgan fingerprint density at radius 2 is 1.71 bits per heavy atom. The van der Waals surface area contributed by atoms with Crippen LogP contribution in [0.5, 0.6) is 5.75 Å². The Bertz CT molecular complexity index is 511. The number of hydrogen-bond donors (Lipinski definition) is 0. The standard InChI is InChI=1S/C14H17NO2/c1-15(10-16-2)13-6-4-12-9-14(17-3)7-5-11(12)8-13/h4-9H,10H2,1-3H3. The molecule has 0 saturated carbocycles. The first-order valence-electron chi connectivity index (χ1n) is 5.52. The topological polar surface area (TPSA) is 21.7 Å². The monoisotopic (exact) mass is 231 g/mol. The fourth-order valence-electron chi connectivity index (χ4n) is 1.84. The number of fused-ring (bicyclic) bond motifs is 1. The molecule has 0 heterocycles. The van der Waals surface area contributed by atoms with Gasteiger partial charge in [0.1, 0.15) is 12.5 Å². The lowest BCUT2D eigenvalue weighted by atomic mass is 10.1. The van der Waals surface area contributed by atoms with Crippen LogP contribution in [0.1, 0.15) is 0 Å². The van der Waals surface area contributed by atoms with Gasteiger partial charge in [0, 0.05) is 19.8 Å². The molecule has 0 aliphatic carbocycles. The first kappa shape index (κ1) is 11.7. The molecule has 0 amide bonds. The Morgan fingerprint density at radius 3 is 2.41 bits per heavy atom. The zero-order valence-corrected chi connectivity index (χ0v) is 10.4. The molecule has 0 fully saturated rings. The molecular weight excluding hydrogens is 214 g/mol. The van der Waals surface area contributed by atoms with Crippen molar-refractivity contribution in [1.82, 2.24) is 0 Å². The Morgan fingerprint density at radius 1 is 1.00 bits per heavy atom. The highest BCUT2D eigenvalue weighted by Crippen LogP contribution is 2.25. The molecule has 3 nitrogen and oxygen atoms in total. The number of nitrogens with zero attached hydrogens (tertiary/aromatic N) is 1. The second-order valence-electron chi connectivity index (χ2n) is 4.01. The zero-order valence-electron chi connectivity index (χ0n) is 10.4. The summed E-state index contributed by atoms with van der Waals surface area (Å²) >= 11 is 0. The van der Waals surface area contributed by atoms with E-state index in [0.29, 0.717) is 6.73 Å². The molecule has 0 spiro atoms. The number of ether oxygens (including phenoxy) is 2. The van der Waals surface area contributed by atoms with Crippen molar-refractivity contribution in [3.05, 3.63) is 36.4 Å². The van der Waals surface area contributed by atoms with Crippen molar-refractivity contribution in [2.45, 2.75) is 0 Å². The van der Waals surface area contributed by atoms with Gasteiger partial charge >= 0.3 is 0 Å². The van der Waals surface area contributed by atoms with Gasteiger partial charge in [0.15, 0.2) is 0 Å². The van der Waals surface area contributed by atoms with Crippen LogP contribution in [0.3, 0.4) is 0 Å². The summed E-state index contributed by atoms with van der Waals surface area (Å²) < 4.78 is 10.3. The molecule has 0 aliphatic heterocycles. The summed E-state index contributed by atoms with van der Waals surface area (Å²) in [5.74, 6) is 0.885. The van der Waals surface area contributed by atoms with E-state index in [4.69, 9.17) is 9.47 Å². The maximum Gasteiger partial charge on any atom is 0.119 e. The molecule has 2 aromatic carbocycles. The van der Waals surface area contributed by atoms with Gasteiger partial charge in [-0.15, -0.1) is 0 Å². The van der Waals surface area contributed by atoms with Crippen LogP contribution in [0.15, 0.2) is 36.4 Å². The smallest absolute Gasteiger partial charge is 0.119 e. The van der Waals surface area contributed by atoms with Gasteiger partial charge in [0.25, 0.3) is 0 Å². The van der Waals surface area contributed by atoms with Gasteiger partial charge in [-0.1, -0.05) is 12.1 Å². The predicted molar refractivity (Wildman–Crippen MR) is 70.8 cm³/mol. The molecule has 0 N–H and O–H groups in total. The highest BCUT2D eigenvalue weighted by atomic mass is 16.5. The van der Waals surface area contributed by atoms with E-state index in [2.05, 4.69) is 29.2 Å². The van der Waals surface area contributed by atoms with Gasteiger partial charge in [0.05, 0.1) is 7.11 Å². The average Bonchev–Trinajstić information content (AvgIpc) is 2.37. The summed E-state index contributed by atoms with van der Waals surface area (Å²) in [6.07, 6.45) is 0. The quantitative estimate of drug-likeness (QED) is 0.755. The Balaban J connectivity index is 2.37. The third kappa shape index (κ3) is 2.50. The largest absolute Gasteiger partial charge is 0.497 e. The van der Waals surface area contributed by atoms with Crippen molar-refractivity contribution in [2.24, 2.45) is 0 Å². The highest BCUT2D eigenvalue weighted by molar-refractivity contribution is 5.87. The lowest BCUT2D eigenvalue weighted by molar-refractivity contribution is 0.202. The Hall–Kier alpha value is -1.74. The Labute approximate surface area is 102 Å². The molecule has 0 aliphatic rings. The molecule has 90 valence electrons. The Kier molecular flexibility index (Phi) is 3.49. The second-order valence-corrected chi connectivity index (χ2v) is 4.01. The molecular formula is C14H17NO2.